The van der Waals surface area contributed by atoms with Crippen LogP contribution in [0, 0.1) is 5.92 Å². The Morgan fingerprint density at radius 3 is 2.58 bits per heavy atom. The molecule has 2 aliphatic rings. The van der Waals surface area contributed by atoms with Gasteiger partial charge in [0.1, 0.15) is 5.75 Å². The standard InChI is InChI=1S/C19H30ClN3O/c1-24-18-11-15(10-17(20)12-18)14-22-6-8-23(9-7-22)19-5-3-2-4-16(19)13-21/h10-12,16,19H,2-9,13-14,21H2,1H3/t16-,19+/m0/s1. The highest BCUT2D eigenvalue weighted by Gasteiger charge is 2.31. The van der Waals surface area contributed by atoms with Gasteiger partial charge in [-0.05, 0) is 49.1 Å². The highest BCUT2D eigenvalue weighted by Crippen LogP contribution is 2.29. The smallest absolute Gasteiger partial charge is 0.120 e. The van der Waals surface area contributed by atoms with Gasteiger partial charge in [-0.3, -0.25) is 9.80 Å². The monoisotopic (exact) mass is 351 g/mol. The van der Waals surface area contributed by atoms with Gasteiger partial charge in [0, 0.05) is 43.8 Å². The molecule has 1 aliphatic heterocycles. The van der Waals surface area contributed by atoms with E-state index in [2.05, 4.69) is 15.9 Å². The highest BCUT2D eigenvalue weighted by molar-refractivity contribution is 6.30. The third kappa shape index (κ3) is 4.42. The summed E-state index contributed by atoms with van der Waals surface area (Å²) in [6.45, 7) is 6.31. The first-order valence-electron chi connectivity index (χ1n) is 9.19. The minimum absolute atomic E-state index is 0.697. The maximum atomic E-state index is 6.18. The number of hydrogen-bond donors (Lipinski definition) is 1. The van der Waals surface area contributed by atoms with Gasteiger partial charge in [-0.15, -0.1) is 0 Å². The summed E-state index contributed by atoms with van der Waals surface area (Å²) in [5.41, 5.74) is 7.24. The van der Waals surface area contributed by atoms with E-state index in [4.69, 9.17) is 22.1 Å². The topological polar surface area (TPSA) is 41.7 Å². The molecule has 2 N–H and O–H groups in total. The fourth-order valence-corrected chi connectivity index (χ4v) is 4.53. The lowest BCUT2D eigenvalue weighted by Gasteiger charge is -2.44. The Bertz CT molecular complexity index is 531. The predicted molar refractivity (Wildman–Crippen MR) is 99.7 cm³/mol. The largest absolute Gasteiger partial charge is 0.497 e. The summed E-state index contributed by atoms with van der Waals surface area (Å²) < 4.78 is 5.32. The lowest BCUT2D eigenvalue weighted by atomic mass is 9.83. The molecule has 2 fully saturated rings. The van der Waals surface area contributed by atoms with Crippen LogP contribution >= 0.6 is 11.6 Å². The Balaban J connectivity index is 1.54. The Morgan fingerprint density at radius 2 is 1.88 bits per heavy atom. The molecular formula is C19H30ClN3O. The van der Waals surface area contributed by atoms with Crippen LogP contribution in [0.1, 0.15) is 31.2 Å². The summed E-state index contributed by atoms with van der Waals surface area (Å²) in [7, 11) is 1.69. The molecule has 0 aromatic heterocycles. The molecular weight excluding hydrogens is 322 g/mol. The normalized spacial score (nSPS) is 26.5. The zero-order chi connectivity index (χ0) is 16.9. The van der Waals surface area contributed by atoms with Crippen molar-refractivity contribution < 1.29 is 4.74 Å². The number of nitrogens with zero attached hydrogens (tertiary/aromatic N) is 2. The van der Waals surface area contributed by atoms with Crippen molar-refractivity contribution in [1.29, 1.82) is 0 Å². The van der Waals surface area contributed by atoms with Crippen LogP contribution in [-0.2, 0) is 6.54 Å². The van der Waals surface area contributed by atoms with E-state index in [1.165, 1.54) is 31.2 Å². The Labute approximate surface area is 150 Å². The zero-order valence-electron chi connectivity index (χ0n) is 14.7. The molecule has 3 rings (SSSR count). The Morgan fingerprint density at radius 1 is 1.12 bits per heavy atom. The van der Waals surface area contributed by atoms with E-state index < -0.39 is 0 Å². The van der Waals surface area contributed by atoms with Crippen LogP contribution in [0.25, 0.3) is 0 Å². The van der Waals surface area contributed by atoms with Crippen molar-refractivity contribution in [3.05, 3.63) is 28.8 Å². The molecule has 0 radical (unpaired) electrons. The van der Waals surface area contributed by atoms with E-state index in [1.54, 1.807) is 7.11 Å². The molecule has 1 saturated carbocycles. The molecule has 0 spiro atoms. The predicted octanol–water partition coefficient (Wildman–Crippen LogP) is 2.98. The third-order valence-corrected chi connectivity index (χ3v) is 5.84. The maximum Gasteiger partial charge on any atom is 0.120 e. The summed E-state index contributed by atoms with van der Waals surface area (Å²) in [4.78, 5) is 5.20. The van der Waals surface area contributed by atoms with Crippen LogP contribution in [-0.4, -0.2) is 55.7 Å². The number of nitrogens with two attached hydrogens (primary N) is 1. The highest BCUT2D eigenvalue weighted by atomic mass is 35.5. The van der Waals surface area contributed by atoms with Gasteiger partial charge in [-0.25, -0.2) is 0 Å². The summed E-state index contributed by atoms with van der Waals surface area (Å²) in [6, 6.07) is 6.70. The Kier molecular flexibility index (Phi) is 6.39. The van der Waals surface area contributed by atoms with Crippen LogP contribution in [0.2, 0.25) is 5.02 Å². The fourth-order valence-electron chi connectivity index (χ4n) is 4.28. The van der Waals surface area contributed by atoms with Gasteiger partial charge in [0.25, 0.3) is 0 Å². The van der Waals surface area contributed by atoms with Crippen LogP contribution in [0.3, 0.4) is 0 Å². The first-order valence-corrected chi connectivity index (χ1v) is 9.57. The molecule has 134 valence electrons. The van der Waals surface area contributed by atoms with Gasteiger partial charge in [-0.1, -0.05) is 24.4 Å². The lowest BCUT2D eigenvalue weighted by Crippen LogP contribution is -2.53. The molecule has 0 bridgehead atoms. The molecule has 24 heavy (non-hydrogen) atoms. The SMILES string of the molecule is COc1cc(Cl)cc(CN2CCN([C@@H]3CCCC[C@H]3CN)CC2)c1. The summed E-state index contributed by atoms with van der Waals surface area (Å²) in [6.07, 6.45) is 5.36. The minimum atomic E-state index is 0.697. The second-order valence-electron chi connectivity index (χ2n) is 7.16. The van der Waals surface area contributed by atoms with Crippen LogP contribution in [0.5, 0.6) is 5.75 Å². The molecule has 1 saturated heterocycles. The minimum Gasteiger partial charge on any atom is -0.497 e. The third-order valence-electron chi connectivity index (χ3n) is 5.62. The van der Waals surface area contributed by atoms with Crippen molar-refractivity contribution in [1.82, 2.24) is 9.80 Å². The quantitative estimate of drug-likeness (QED) is 0.885. The fraction of sp³-hybridized carbons (Fsp3) is 0.684. The van der Waals surface area contributed by atoms with Gasteiger partial charge >= 0.3 is 0 Å². The van der Waals surface area contributed by atoms with Gasteiger partial charge in [0.2, 0.25) is 0 Å². The molecule has 1 aromatic carbocycles. The molecule has 1 heterocycles. The zero-order valence-corrected chi connectivity index (χ0v) is 15.5. The van der Waals surface area contributed by atoms with E-state index in [9.17, 15) is 0 Å². The number of methoxy groups -OCH3 is 1. The number of benzene rings is 1. The molecule has 2 atom stereocenters. The summed E-state index contributed by atoms with van der Waals surface area (Å²) >= 11 is 6.18. The average Bonchev–Trinajstić information content (AvgIpc) is 2.62. The van der Waals surface area contributed by atoms with E-state index >= 15 is 0 Å². The van der Waals surface area contributed by atoms with Gasteiger partial charge in [-0.2, -0.15) is 0 Å². The van der Waals surface area contributed by atoms with Crippen molar-refractivity contribution >= 4 is 11.6 Å². The number of piperazine rings is 1. The summed E-state index contributed by atoms with van der Waals surface area (Å²) in [5.74, 6) is 1.53. The number of hydrogen-bond acceptors (Lipinski definition) is 4. The molecule has 0 amide bonds. The van der Waals surface area contributed by atoms with Gasteiger partial charge in [0.05, 0.1) is 7.11 Å². The van der Waals surface area contributed by atoms with E-state index in [-0.39, 0.29) is 0 Å². The van der Waals surface area contributed by atoms with Gasteiger partial charge < -0.3 is 10.5 Å². The van der Waals surface area contributed by atoms with Crippen molar-refractivity contribution in [2.45, 2.75) is 38.3 Å². The Hall–Kier alpha value is -0.810. The molecule has 4 nitrogen and oxygen atoms in total. The van der Waals surface area contributed by atoms with Crippen LogP contribution in [0.15, 0.2) is 18.2 Å². The summed E-state index contributed by atoms with van der Waals surface area (Å²) in [5, 5.41) is 0.746. The number of ether oxygens (including phenoxy) is 1. The first-order chi connectivity index (χ1) is 11.7. The lowest BCUT2D eigenvalue weighted by molar-refractivity contribution is 0.0492. The second kappa shape index (κ2) is 8.52. The first kappa shape index (κ1) is 18.0. The van der Waals surface area contributed by atoms with Crippen molar-refractivity contribution in [3.63, 3.8) is 0 Å². The van der Waals surface area contributed by atoms with Crippen LogP contribution in [0.4, 0.5) is 0 Å². The van der Waals surface area contributed by atoms with Gasteiger partial charge in [0.15, 0.2) is 0 Å². The number of halogens is 1. The second-order valence-corrected chi connectivity index (χ2v) is 7.60. The molecule has 1 aromatic rings. The van der Waals surface area contributed by atoms with Crippen LogP contribution < -0.4 is 10.5 Å². The number of rotatable bonds is 5. The van der Waals surface area contributed by atoms with Crippen molar-refractivity contribution in [2.24, 2.45) is 11.7 Å². The molecule has 5 heteroatoms. The average molecular weight is 352 g/mol. The van der Waals surface area contributed by atoms with E-state index in [1.807, 2.05) is 12.1 Å². The molecule has 0 unspecified atom stereocenters. The maximum absolute atomic E-state index is 6.18. The van der Waals surface area contributed by atoms with E-state index in [0.29, 0.717) is 12.0 Å². The molecule has 1 aliphatic carbocycles. The van der Waals surface area contributed by atoms with Crippen molar-refractivity contribution in [2.75, 3.05) is 39.8 Å². The van der Waals surface area contributed by atoms with E-state index in [0.717, 1.165) is 50.0 Å². The van der Waals surface area contributed by atoms with Crippen molar-refractivity contribution in [3.8, 4) is 5.75 Å².